The van der Waals surface area contributed by atoms with Crippen LogP contribution in [0.3, 0.4) is 0 Å². The second kappa shape index (κ2) is 6.73. The van der Waals surface area contributed by atoms with Gasteiger partial charge in [0.25, 0.3) is 0 Å². The quantitative estimate of drug-likeness (QED) is 0.758. The number of carboxylic acids is 1. The monoisotopic (exact) mass is 267 g/mol. The Hall–Kier alpha value is -0.780. The highest BCUT2D eigenvalue weighted by molar-refractivity contribution is 5.87. The number of nitrogens with one attached hydrogen (secondary N) is 2. The Kier molecular flexibility index (Phi) is 6.40. The van der Waals surface area contributed by atoms with Gasteiger partial charge in [-0.15, -0.1) is 24.8 Å². The highest BCUT2D eigenvalue weighted by atomic mass is 35.5. The highest BCUT2D eigenvalue weighted by Gasteiger charge is 2.22. The lowest BCUT2D eigenvalue weighted by Crippen LogP contribution is -2.27. The topological polar surface area (TPSA) is 78.0 Å². The summed E-state index contributed by atoms with van der Waals surface area (Å²) in [4.78, 5) is 10.8. The number of aromatic amines is 1. The van der Waals surface area contributed by atoms with E-state index >= 15 is 0 Å². The van der Waals surface area contributed by atoms with Crippen molar-refractivity contribution in [3.63, 3.8) is 0 Å². The third-order valence-corrected chi connectivity index (χ3v) is 2.66. The maximum absolute atomic E-state index is 10.8. The van der Waals surface area contributed by atoms with Crippen molar-refractivity contribution in [3.8, 4) is 0 Å². The number of nitrogens with zero attached hydrogens (tertiary/aromatic N) is 1. The molecule has 0 bridgehead atoms. The number of piperidine rings is 1. The maximum atomic E-state index is 10.8. The van der Waals surface area contributed by atoms with Crippen molar-refractivity contribution in [1.29, 1.82) is 0 Å². The van der Waals surface area contributed by atoms with Crippen molar-refractivity contribution in [2.24, 2.45) is 0 Å². The van der Waals surface area contributed by atoms with Crippen LogP contribution >= 0.6 is 24.8 Å². The maximum Gasteiger partial charge on any atom is 0.354 e. The number of carbonyl (C=O) groups is 1. The lowest BCUT2D eigenvalue weighted by atomic mass is 9.90. The molecule has 0 spiro atoms. The van der Waals surface area contributed by atoms with Crippen molar-refractivity contribution < 1.29 is 9.90 Å². The van der Waals surface area contributed by atoms with Gasteiger partial charge < -0.3 is 10.4 Å². The zero-order valence-corrected chi connectivity index (χ0v) is 10.2. The Morgan fingerprint density at radius 1 is 1.38 bits per heavy atom. The number of rotatable bonds is 2. The van der Waals surface area contributed by atoms with Gasteiger partial charge in [0.1, 0.15) is 5.69 Å². The van der Waals surface area contributed by atoms with E-state index in [0.29, 0.717) is 5.92 Å². The number of hydrogen-bond acceptors (Lipinski definition) is 3. The lowest BCUT2D eigenvalue weighted by Gasteiger charge is -2.21. The smallest absolute Gasteiger partial charge is 0.354 e. The predicted octanol–water partition coefficient (Wildman–Crippen LogP) is 1.42. The molecule has 0 aliphatic carbocycles. The number of halogens is 2. The summed E-state index contributed by atoms with van der Waals surface area (Å²) >= 11 is 0. The molecule has 0 saturated carbocycles. The molecule has 5 nitrogen and oxygen atoms in total. The molecular formula is C9H15Cl2N3O2. The summed E-state index contributed by atoms with van der Waals surface area (Å²) in [7, 11) is 0. The summed E-state index contributed by atoms with van der Waals surface area (Å²) in [5.41, 5.74) is 1.09. The van der Waals surface area contributed by atoms with Gasteiger partial charge >= 0.3 is 5.97 Å². The second-order valence-electron chi connectivity index (χ2n) is 3.53. The summed E-state index contributed by atoms with van der Waals surface area (Å²) in [6.07, 6.45) is 3.61. The fourth-order valence-electron chi connectivity index (χ4n) is 1.91. The Labute approximate surface area is 106 Å². The molecule has 0 unspecified atom stereocenters. The number of H-pyrrole nitrogens is 1. The summed E-state index contributed by atoms with van der Waals surface area (Å²) < 4.78 is 0. The fraction of sp³-hybridized carbons (Fsp3) is 0.556. The fourth-order valence-corrected chi connectivity index (χ4v) is 1.91. The van der Waals surface area contributed by atoms with Crippen LogP contribution < -0.4 is 5.32 Å². The Morgan fingerprint density at radius 3 is 2.56 bits per heavy atom. The van der Waals surface area contributed by atoms with Gasteiger partial charge in [-0.25, -0.2) is 4.79 Å². The molecule has 0 radical (unpaired) electrons. The van der Waals surface area contributed by atoms with Gasteiger partial charge in [-0.3, -0.25) is 5.10 Å². The van der Waals surface area contributed by atoms with Crippen LogP contribution in [0, 0.1) is 0 Å². The SMILES string of the molecule is Cl.Cl.O=C(O)c1[nH]ncc1C1CCNCC1. The Morgan fingerprint density at radius 2 is 2.00 bits per heavy atom. The van der Waals surface area contributed by atoms with E-state index < -0.39 is 5.97 Å². The van der Waals surface area contributed by atoms with Gasteiger partial charge in [-0.1, -0.05) is 0 Å². The van der Waals surface area contributed by atoms with Gasteiger partial charge in [-0.2, -0.15) is 5.10 Å². The third-order valence-electron chi connectivity index (χ3n) is 2.66. The first kappa shape index (κ1) is 15.2. The first-order valence-electron chi connectivity index (χ1n) is 4.76. The highest BCUT2D eigenvalue weighted by Crippen LogP contribution is 2.26. The molecule has 0 aromatic carbocycles. The minimum absolute atomic E-state index is 0. The molecule has 3 N–H and O–H groups in total. The molecule has 1 aromatic rings. The zero-order valence-electron chi connectivity index (χ0n) is 8.60. The molecule has 2 heterocycles. The van der Waals surface area contributed by atoms with Crippen molar-refractivity contribution >= 4 is 30.8 Å². The summed E-state index contributed by atoms with van der Waals surface area (Å²) in [6, 6.07) is 0. The largest absolute Gasteiger partial charge is 0.477 e. The molecule has 2 rings (SSSR count). The Balaban J connectivity index is 0.00000112. The lowest BCUT2D eigenvalue weighted by molar-refractivity contribution is 0.0688. The van der Waals surface area contributed by atoms with Gasteiger partial charge in [-0.05, 0) is 31.8 Å². The van der Waals surface area contributed by atoms with Crippen LogP contribution in [0.15, 0.2) is 6.20 Å². The van der Waals surface area contributed by atoms with Crippen molar-refractivity contribution in [1.82, 2.24) is 15.5 Å². The van der Waals surface area contributed by atoms with Crippen LogP contribution in [0.2, 0.25) is 0 Å². The van der Waals surface area contributed by atoms with Crippen LogP contribution in [-0.2, 0) is 0 Å². The zero-order chi connectivity index (χ0) is 9.97. The summed E-state index contributed by atoms with van der Waals surface area (Å²) in [6.45, 7) is 1.91. The first-order valence-corrected chi connectivity index (χ1v) is 4.76. The molecule has 0 amide bonds. The molecule has 1 fully saturated rings. The van der Waals surface area contributed by atoms with Crippen LogP contribution in [0.1, 0.15) is 34.8 Å². The average molecular weight is 268 g/mol. The van der Waals surface area contributed by atoms with Crippen LogP contribution in [0.5, 0.6) is 0 Å². The van der Waals surface area contributed by atoms with Gasteiger partial charge in [0.2, 0.25) is 0 Å². The molecule has 0 atom stereocenters. The third kappa shape index (κ3) is 3.10. The average Bonchev–Trinajstić information content (AvgIpc) is 2.67. The minimum atomic E-state index is -0.920. The molecule has 1 saturated heterocycles. The van der Waals surface area contributed by atoms with E-state index in [4.69, 9.17) is 5.11 Å². The van der Waals surface area contributed by atoms with Crippen molar-refractivity contribution in [2.75, 3.05) is 13.1 Å². The van der Waals surface area contributed by atoms with E-state index in [1.165, 1.54) is 0 Å². The van der Waals surface area contributed by atoms with Crippen LogP contribution in [0.25, 0.3) is 0 Å². The number of aromatic carboxylic acids is 1. The number of carboxylic acid groups (broad SMARTS) is 1. The van der Waals surface area contributed by atoms with E-state index in [2.05, 4.69) is 15.5 Å². The molecule has 1 aromatic heterocycles. The van der Waals surface area contributed by atoms with Crippen molar-refractivity contribution in [3.05, 3.63) is 17.5 Å². The second-order valence-corrected chi connectivity index (χ2v) is 3.53. The van der Waals surface area contributed by atoms with Crippen LogP contribution in [-0.4, -0.2) is 34.4 Å². The summed E-state index contributed by atoms with van der Waals surface area (Å²) in [5.74, 6) is -0.586. The van der Waals surface area contributed by atoms with Gasteiger partial charge in [0, 0.05) is 5.56 Å². The van der Waals surface area contributed by atoms with E-state index in [9.17, 15) is 4.79 Å². The standard InChI is InChI=1S/C9H13N3O2.2ClH/c13-9(14)8-7(5-11-12-8)6-1-3-10-4-2-6;;/h5-6,10H,1-4H2,(H,11,12)(H,13,14);2*1H. The molecule has 92 valence electrons. The number of aromatic nitrogens is 2. The Bertz CT molecular complexity index is 337. The molecule has 7 heteroatoms. The minimum Gasteiger partial charge on any atom is -0.477 e. The molecule has 1 aliphatic heterocycles. The van der Waals surface area contributed by atoms with Gasteiger partial charge in [0.15, 0.2) is 0 Å². The van der Waals surface area contributed by atoms with Crippen LogP contribution in [0.4, 0.5) is 0 Å². The molecule has 16 heavy (non-hydrogen) atoms. The van der Waals surface area contributed by atoms with E-state index in [1.807, 2.05) is 0 Å². The number of hydrogen-bond donors (Lipinski definition) is 3. The molecule has 1 aliphatic rings. The van der Waals surface area contributed by atoms with Gasteiger partial charge in [0.05, 0.1) is 6.20 Å². The van der Waals surface area contributed by atoms with E-state index in [1.54, 1.807) is 6.20 Å². The van der Waals surface area contributed by atoms with Crippen molar-refractivity contribution in [2.45, 2.75) is 18.8 Å². The predicted molar refractivity (Wildman–Crippen MR) is 64.9 cm³/mol. The normalized spacial score (nSPS) is 16.0. The first-order chi connectivity index (χ1) is 6.79. The summed E-state index contributed by atoms with van der Waals surface area (Å²) in [5, 5.41) is 18.5. The van der Waals surface area contributed by atoms with E-state index in [0.717, 1.165) is 31.5 Å². The van der Waals surface area contributed by atoms with E-state index in [-0.39, 0.29) is 30.5 Å². The molecular weight excluding hydrogens is 253 g/mol.